The number of carbonyl (C=O) groups is 1. The molecule has 3 rings (SSSR count). The molecule has 0 aliphatic rings. The second kappa shape index (κ2) is 8.48. The van der Waals surface area contributed by atoms with Gasteiger partial charge in [0, 0.05) is 18.0 Å². The minimum atomic E-state index is -0.450. The Balaban J connectivity index is 1.55. The lowest BCUT2D eigenvalue weighted by molar-refractivity contribution is 0.0923. The van der Waals surface area contributed by atoms with E-state index in [-0.39, 0.29) is 12.4 Å². The van der Waals surface area contributed by atoms with Crippen LogP contribution in [0.15, 0.2) is 70.4 Å². The van der Waals surface area contributed by atoms with Crippen molar-refractivity contribution in [3.05, 3.63) is 78.0 Å². The Morgan fingerprint density at radius 2 is 2.04 bits per heavy atom. The minimum absolute atomic E-state index is 0.145. The molecule has 7 heteroatoms. The number of hydrazone groups is 1. The van der Waals surface area contributed by atoms with Gasteiger partial charge in [-0.05, 0) is 30.3 Å². The van der Waals surface area contributed by atoms with Crippen LogP contribution in [0.4, 0.5) is 0 Å². The number of nitrogens with one attached hydrogen (secondary N) is 1. The molecule has 0 atom stereocenters. The highest BCUT2D eigenvalue weighted by molar-refractivity contribution is 5.92. The first-order valence-electron chi connectivity index (χ1n) is 7.84. The molecule has 0 saturated heterocycles. The maximum Gasteiger partial charge on any atom is 0.307 e. The number of aromatic nitrogens is 1. The van der Waals surface area contributed by atoms with Gasteiger partial charge in [-0.15, -0.1) is 0 Å². The average molecular weight is 351 g/mol. The fourth-order valence-corrected chi connectivity index (χ4v) is 2.14. The smallest absolute Gasteiger partial charge is 0.307 e. The fraction of sp³-hybridized carbons (Fsp3) is 0.105. The number of nitrogens with zero attached hydrogens (tertiary/aromatic N) is 2. The molecule has 132 valence electrons. The van der Waals surface area contributed by atoms with Crippen LogP contribution >= 0.6 is 0 Å². The van der Waals surface area contributed by atoms with Gasteiger partial charge >= 0.3 is 5.91 Å². The summed E-state index contributed by atoms with van der Waals surface area (Å²) in [6.07, 6.45) is 4.79. The third-order valence-electron chi connectivity index (χ3n) is 3.39. The van der Waals surface area contributed by atoms with E-state index in [1.54, 1.807) is 49.8 Å². The zero-order valence-electron chi connectivity index (χ0n) is 14.1. The predicted molar refractivity (Wildman–Crippen MR) is 95.3 cm³/mol. The number of para-hydroxylation sites is 2. The van der Waals surface area contributed by atoms with E-state index < -0.39 is 5.91 Å². The predicted octanol–water partition coefficient (Wildman–Crippen LogP) is 3.03. The second-order valence-corrected chi connectivity index (χ2v) is 5.19. The van der Waals surface area contributed by atoms with E-state index in [2.05, 4.69) is 15.5 Å². The molecule has 0 aliphatic heterocycles. The van der Waals surface area contributed by atoms with Gasteiger partial charge in [0.1, 0.15) is 12.4 Å². The molecular weight excluding hydrogens is 334 g/mol. The summed E-state index contributed by atoms with van der Waals surface area (Å²) in [7, 11) is 1.57. The zero-order chi connectivity index (χ0) is 18.2. The van der Waals surface area contributed by atoms with Crippen molar-refractivity contribution in [2.75, 3.05) is 7.11 Å². The van der Waals surface area contributed by atoms with Crippen molar-refractivity contribution in [3.8, 4) is 11.5 Å². The van der Waals surface area contributed by atoms with Crippen LogP contribution in [0, 0.1) is 0 Å². The highest BCUT2D eigenvalue weighted by atomic mass is 16.5. The summed E-state index contributed by atoms with van der Waals surface area (Å²) < 4.78 is 16.4. The monoisotopic (exact) mass is 351 g/mol. The Kier molecular flexibility index (Phi) is 5.61. The quantitative estimate of drug-likeness (QED) is 0.522. The molecule has 1 amide bonds. The Hall–Kier alpha value is -3.61. The van der Waals surface area contributed by atoms with E-state index in [1.807, 2.05) is 18.2 Å². The minimum Gasteiger partial charge on any atom is -0.493 e. The van der Waals surface area contributed by atoms with Gasteiger partial charge in [0.25, 0.3) is 0 Å². The maximum absolute atomic E-state index is 12.0. The largest absolute Gasteiger partial charge is 0.493 e. The van der Waals surface area contributed by atoms with Crippen LogP contribution in [0.5, 0.6) is 11.5 Å². The van der Waals surface area contributed by atoms with E-state index in [1.165, 1.54) is 6.21 Å². The maximum atomic E-state index is 12.0. The number of rotatable bonds is 7. The lowest BCUT2D eigenvalue weighted by Crippen LogP contribution is -2.16. The topological polar surface area (TPSA) is 86.0 Å². The third kappa shape index (κ3) is 4.47. The van der Waals surface area contributed by atoms with E-state index in [9.17, 15) is 4.79 Å². The molecule has 0 saturated carbocycles. The summed E-state index contributed by atoms with van der Waals surface area (Å²) in [5, 5.41) is 3.87. The molecule has 0 spiro atoms. The third-order valence-corrected chi connectivity index (χ3v) is 3.39. The van der Waals surface area contributed by atoms with Crippen molar-refractivity contribution in [2.45, 2.75) is 6.61 Å². The van der Waals surface area contributed by atoms with Gasteiger partial charge in [-0.1, -0.05) is 18.2 Å². The van der Waals surface area contributed by atoms with Crippen LogP contribution in [-0.4, -0.2) is 24.2 Å². The number of ether oxygens (including phenoxy) is 2. The number of pyridine rings is 1. The van der Waals surface area contributed by atoms with Crippen molar-refractivity contribution in [1.29, 1.82) is 0 Å². The zero-order valence-corrected chi connectivity index (χ0v) is 14.1. The van der Waals surface area contributed by atoms with Gasteiger partial charge in [-0.3, -0.25) is 9.78 Å². The Labute approximate surface area is 150 Å². The standard InChI is InChI=1S/C19H17N3O4/c1-24-16-6-2-3-7-17(16)25-13-15-8-9-18(26-15)19(23)22-21-12-14-5-4-10-20-11-14/h2-12H,13H2,1H3,(H,22,23)/b21-12-. The van der Waals surface area contributed by atoms with Crippen LogP contribution in [0.2, 0.25) is 0 Å². The van der Waals surface area contributed by atoms with Crippen molar-refractivity contribution in [1.82, 2.24) is 10.4 Å². The molecule has 0 aliphatic carbocycles. The summed E-state index contributed by atoms with van der Waals surface area (Å²) in [6.45, 7) is 0.173. The lowest BCUT2D eigenvalue weighted by atomic mass is 10.3. The van der Waals surface area contributed by atoms with Gasteiger partial charge in [0.2, 0.25) is 0 Å². The summed E-state index contributed by atoms with van der Waals surface area (Å²) in [4.78, 5) is 16.0. The average Bonchev–Trinajstić information content (AvgIpc) is 3.16. The van der Waals surface area contributed by atoms with Crippen molar-refractivity contribution < 1.29 is 18.7 Å². The number of amides is 1. The molecule has 1 N–H and O–H groups in total. The second-order valence-electron chi connectivity index (χ2n) is 5.19. The Morgan fingerprint density at radius 1 is 1.19 bits per heavy atom. The SMILES string of the molecule is COc1ccccc1OCc1ccc(C(=O)N/N=C\c2cccnc2)o1. The Bertz CT molecular complexity index is 891. The summed E-state index contributed by atoms with van der Waals surface area (Å²) in [5.41, 5.74) is 3.18. The van der Waals surface area contributed by atoms with E-state index >= 15 is 0 Å². The van der Waals surface area contributed by atoms with Gasteiger partial charge < -0.3 is 13.9 Å². The summed E-state index contributed by atoms with van der Waals surface area (Å²) in [5.74, 6) is 1.43. The summed E-state index contributed by atoms with van der Waals surface area (Å²) in [6, 6.07) is 14.1. The van der Waals surface area contributed by atoms with E-state index in [0.717, 1.165) is 5.56 Å². The highest BCUT2D eigenvalue weighted by Crippen LogP contribution is 2.26. The molecule has 0 bridgehead atoms. The molecule has 2 aromatic heterocycles. The molecule has 2 heterocycles. The molecule has 0 radical (unpaired) electrons. The van der Waals surface area contributed by atoms with Gasteiger partial charge in [0.05, 0.1) is 13.3 Å². The van der Waals surface area contributed by atoms with E-state index in [0.29, 0.717) is 17.3 Å². The highest BCUT2D eigenvalue weighted by Gasteiger charge is 2.11. The molecular formula is C19H17N3O4. The number of methoxy groups -OCH3 is 1. The van der Waals surface area contributed by atoms with Crippen molar-refractivity contribution in [3.63, 3.8) is 0 Å². The van der Waals surface area contributed by atoms with Crippen molar-refractivity contribution in [2.24, 2.45) is 5.10 Å². The number of hydrogen-bond donors (Lipinski definition) is 1. The Morgan fingerprint density at radius 3 is 2.81 bits per heavy atom. The number of furan rings is 1. The van der Waals surface area contributed by atoms with E-state index in [4.69, 9.17) is 13.9 Å². The van der Waals surface area contributed by atoms with Gasteiger partial charge in [-0.2, -0.15) is 5.10 Å². The van der Waals surface area contributed by atoms with Crippen LogP contribution in [-0.2, 0) is 6.61 Å². The molecule has 1 aromatic carbocycles. The lowest BCUT2D eigenvalue weighted by Gasteiger charge is -2.08. The number of hydrogen-bond acceptors (Lipinski definition) is 6. The van der Waals surface area contributed by atoms with Crippen LogP contribution < -0.4 is 14.9 Å². The number of carbonyl (C=O) groups excluding carboxylic acids is 1. The van der Waals surface area contributed by atoms with Crippen LogP contribution in [0.25, 0.3) is 0 Å². The first kappa shape index (κ1) is 17.2. The van der Waals surface area contributed by atoms with Gasteiger partial charge in [-0.25, -0.2) is 5.43 Å². The number of benzene rings is 1. The molecule has 3 aromatic rings. The molecule has 26 heavy (non-hydrogen) atoms. The fourth-order valence-electron chi connectivity index (χ4n) is 2.14. The first-order valence-corrected chi connectivity index (χ1v) is 7.84. The molecule has 0 unspecified atom stereocenters. The van der Waals surface area contributed by atoms with Crippen LogP contribution in [0.1, 0.15) is 21.9 Å². The normalized spacial score (nSPS) is 10.7. The van der Waals surface area contributed by atoms with Crippen LogP contribution in [0.3, 0.4) is 0 Å². The molecule has 0 fully saturated rings. The summed E-state index contributed by atoms with van der Waals surface area (Å²) >= 11 is 0. The van der Waals surface area contributed by atoms with Gasteiger partial charge in [0.15, 0.2) is 17.3 Å². The van der Waals surface area contributed by atoms with Crippen molar-refractivity contribution >= 4 is 12.1 Å². The first-order chi connectivity index (χ1) is 12.8. The molecule has 7 nitrogen and oxygen atoms in total.